The Morgan fingerprint density at radius 1 is 0.824 bits per heavy atom. The van der Waals surface area contributed by atoms with Gasteiger partial charge in [0.2, 0.25) is 0 Å². The SMILES string of the molecule is CCCc1cc(F)c(OCC2CCC(c3ccc(-c4cc(F)c(F)c(F)c4)cc3)OC2)c(F)c1. The minimum absolute atomic E-state index is 0.00481. The van der Waals surface area contributed by atoms with Gasteiger partial charge in [-0.2, -0.15) is 0 Å². The van der Waals surface area contributed by atoms with Gasteiger partial charge in [-0.3, -0.25) is 0 Å². The first-order valence-electron chi connectivity index (χ1n) is 11.3. The van der Waals surface area contributed by atoms with Crippen LogP contribution in [0.2, 0.25) is 0 Å². The Morgan fingerprint density at radius 2 is 1.47 bits per heavy atom. The van der Waals surface area contributed by atoms with Crippen LogP contribution in [-0.2, 0) is 11.2 Å². The average Bonchev–Trinajstić information content (AvgIpc) is 2.82. The first kappa shape index (κ1) is 24.2. The van der Waals surface area contributed by atoms with E-state index in [4.69, 9.17) is 9.47 Å². The Labute approximate surface area is 195 Å². The lowest BCUT2D eigenvalue weighted by Gasteiger charge is -2.29. The highest BCUT2D eigenvalue weighted by atomic mass is 19.2. The summed E-state index contributed by atoms with van der Waals surface area (Å²) < 4.78 is 80.1. The van der Waals surface area contributed by atoms with Gasteiger partial charge in [0.05, 0.1) is 19.3 Å². The highest BCUT2D eigenvalue weighted by Gasteiger charge is 2.25. The van der Waals surface area contributed by atoms with Crippen molar-refractivity contribution in [2.24, 2.45) is 5.92 Å². The van der Waals surface area contributed by atoms with Crippen LogP contribution in [0.5, 0.6) is 5.75 Å². The molecule has 0 aliphatic carbocycles. The zero-order valence-corrected chi connectivity index (χ0v) is 18.7. The number of halogens is 5. The normalized spacial score (nSPS) is 18.2. The fourth-order valence-electron chi connectivity index (χ4n) is 4.20. The van der Waals surface area contributed by atoms with Gasteiger partial charge in [0.15, 0.2) is 34.8 Å². The monoisotopic (exact) mass is 476 g/mol. The zero-order valence-electron chi connectivity index (χ0n) is 18.7. The average molecular weight is 476 g/mol. The molecule has 2 unspecified atom stereocenters. The lowest BCUT2D eigenvalue weighted by atomic mass is 9.94. The van der Waals surface area contributed by atoms with Crippen LogP contribution < -0.4 is 4.74 Å². The molecule has 7 heteroatoms. The number of hydrogen-bond acceptors (Lipinski definition) is 2. The van der Waals surface area contributed by atoms with Crippen LogP contribution in [0.25, 0.3) is 11.1 Å². The van der Waals surface area contributed by atoms with Gasteiger partial charge in [0, 0.05) is 5.92 Å². The molecule has 0 bridgehead atoms. The molecule has 1 aliphatic rings. The third-order valence-corrected chi connectivity index (χ3v) is 6.03. The number of aryl methyl sites for hydroxylation is 1. The highest BCUT2D eigenvalue weighted by molar-refractivity contribution is 5.64. The molecule has 4 rings (SSSR count). The summed E-state index contributed by atoms with van der Waals surface area (Å²) in [6.07, 6.45) is 2.66. The molecular weight excluding hydrogens is 451 g/mol. The smallest absolute Gasteiger partial charge is 0.194 e. The summed E-state index contributed by atoms with van der Waals surface area (Å²) in [7, 11) is 0. The molecule has 1 aliphatic heterocycles. The standard InChI is InChI=1S/C27H25F5O2/c1-2-3-16-10-23(30)27(24(31)11-16)34-15-17-4-9-25(33-14-17)19-7-5-18(6-8-19)20-12-21(28)26(32)22(29)13-20/h5-8,10-13,17,25H,2-4,9,14-15H2,1H3. The topological polar surface area (TPSA) is 18.5 Å². The van der Waals surface area contributed by atoms with Crippen LogP contribution in [0, 0.1) is 35.0 Å². The van der Waals surface area contributed by atoms with Crippen LogP contribution in [-0.4, -0.2) is 13.2 Å². The Kier molecular flexibility index (Phi) is 7.51. The first-order chi connectivity index (χ1) is 16.4. The van der Waals surface area contributed by atoms with Crippen molar-refractivity contribution in [1.29, 1.82) is 0 Å². The quantitative estimate of drug-likeness (QED) is 0.259. The molecule has 3 aromatic rings. The molecule has 0 radical (unpaired) electrons. The summed E-state index contributed by atoms with van der Waals surface area (Å²) in [5, 5.41) is 0. The van der Waals surface area contributed by atoms with Gasteiger partial charge in [-0.1, -0.05) is 37.6 Å². The van der Waals surface area contributed by atoms with Gasteiger partial charge >= 0.3 is 0 Å². The molecule has 3 aromatic carbocycles. The van der Waals surface area contributed by atoms with Gasteiger partial charge in [-0.05, 0) is 65.8 Å². The van der Waals surface area contributed by atoms with E-state index < -0.39 is 29.1 Å². The number of ether oxygens (including phenoxy) is 2. The number of rotatable bonds is 7. The zero-order chi connectivity index (χ0) is 24.2. The van der Waals surface area contributed by atoms with E-state index in [0.29, 0.717) is 30.6 Å². The maximum atomic E-state index is 14.2. The largest absolute Gasteiger partial charge is 0.487 e. The third kappa shape index (κ3) is 5.41. The van der Waals surface area contributed by atoms with Crippen molar-refractivity contribution in [3.05, 3.63) is 88.7 Å². The molecule has 0 amide bonds. The second-order valence-electron chi connectivity index (χ2n) is 8.59. The lowest BCUT2D eigenvalue weighted by Crippen LogP contribution is -2.25. The molecule has 0 spiro atoms. The highest BCUT2D eigenvalue weighted by Crippen LogP contribution is 2.33. The Morgan fingerprint density at radius 3 is 2.03 bits per heavy atom. The van der Waals surface area contributed by atoms with E-state index in [1.165, 1.54) is 12.1 Å². The van der Waals surface area contributed by atoms with Crippen molar-refractivity contribution in [1.82, 2.24) is 0 Å². The molecule has 2 atom stereocenters. The molecular formula is C27H25F5O2. The summed E-state index contributed by atoms with van der Waals surface area (Å²) in [4.78, 5) is 0. The minimum Gasteiger partial charge on any atom is -0.487 e. The lowest BCUT2D eigenvalue weighted by molar-refractivity contribution is -0.0291. The van der Waals surface area contributed by atoms with Crippen molar-refractivity contribution >= 4 is 0 Å². The van der Waals surface area contributed by atoms with Crippen molar-refractivity contribution in [2.45, 2.75) is 38.7 Å². The molecule has 0 N–H and O–H groups in total. The van der Waals surface area contributed by atoms with Crippen molar-refractivity contribution in [2.75, 3.05) is 13.2 Å². The van der Waals surface area contributed by atoms with E-state index >= 15 is 0 Å². The van der Waals surface area contributed by atoms with E-state index in [-0.39, 0.29) is 29.9 Å². The third-order valence-electron chi connectivity index (χ3n) is 6.03. The molecule has 1 heterocycles. The van der Waals surface area contributed by atoms with Crippen molar-refractivity contribution in [3.8, 4) is 16.9 Å². The fraction of sp³-hybridized carbons (Fsp3) is 0.333. The van der Waals surface area contributed by atoms with Crippen LogP contribution in [0.3, 0.4) is 0 Å². The van der Waals surface area contributed by atoms with Crippen molar-refractivity contribution in [3.63, 3.8) is 0 Å². The summed E-state index contributed by atoms with van der Waals surface area (Å²) in [6.45, 7) is 2.46. The first-order valence-corrected chi connectivity index (χ1v) is 11.3. The second kappa shape index (κ2) is 10.6. The predicted molar refractivity (Wildman–Crippen MR) is 119 cm³/mol. The Balaban J connectivity index is 1.33. The molecule has 0 aromatic heterocycles. The van der Waals surface area contributed by atoms with Crippen LogP contribution in [0.1, 0.15) is 43.4 Å². The summed E-state index contributed by atoms with van der Waals surface area (Å²) >= 11 is 0. The molecule has 2 nitrogen and oxygen atoms in total. The van der Waals surface area contributed by atoms with Crippen LogP contribution >= 0.6 is 0 Å². The van der Waals surface area contributed by atoms with Gasteiger partial charge in [0.1, 0.15) is 0 Å². The Bertz CT molecular complexity index is 1090. The molecule has 0 saturated carbocycles. The van der Waals surface area contributed by atoms with Crippen molar-refractivity contribution < 1.29 is 31.4 Å². The maximum absolute atomic E-state index is 14.2. The van der Waals surface area contributed by atoms with E-state index in [9.17, 15) is 22.0 Å². The maximum Gasteiger partial charge on any atom is 0.194 e. The van der Waals surface area contributed by atoms with E-state index in [1.807, 2.05) is 6.92 Å². The number of benzene rings is 3. The summed E-state index contributed by atoms with van der Waals surface area (Å²) in [5.74, 6) is -5.72. The minimum atomic E-state index is -1.49. The van der Waals surface area contributed by atoms with Crippen LogP contribution in [0.15, 0.2) is 48.5 Å². The molecule has 180 valence electrons. The fourth-order valence-corrected chi connectivity index (χ4v) is 4.20. The van der Waals surface area contributed by atoms with E-state index in [0.717, 1.165) is 30.5 Å². The second-order valence-corrected chi connectivity index (χ2v) is 8.59. The number of hydrogen-bond donors (Lipinski definition) is 0. The van der Waals surface area contributed by atoms with Gasteiger partial charge < -0.3 is 9.47 Å². The summed E-state index contributed by atoms with van der Waals surface area (Å²) in [6, 6.07) is 11.6. The van der Waals surface area contributed by atoms with E-state index in [2.05, 4.69) is 0 Å². The molecule has 34 heavy (non-hydrogen) atoms. The van der Waals surface area contributed by atoms with E-state index in [1.54, 1.807) is 24.3 Å². The van der Waals surface area contributed by atoms with Crippen LogP contribution in [0.4, 0.5) is 22.0 Å². The summed E-state index contributed by atoms with van der Waals surface area (Å²) in [5.41, 5.74) is 2.30. The van der Waals surface area contributed by atoms with Gasteiger partial charge in [-0.25, -0.2) is 22.0 Å². The predicted octanol–water partition coefficient (Wildman–Crippen LogP) is 7.55. The van der Waals surface area contributed by atoms with Gasteiger partial charge in [-0.15, -0.1) is 0 Å². The molecule has 1 fully saturated rings. The van der Waals surface area contributed by atoms with Gasteiger partial charge in [0.25, 0.3) is 0 Å². The molecule has 1 saturated heterocycles. The Hall–Kier alpha value is -2.93.